The van der Waals surface area contributed by atoms with Gasteiger partial charge in [0.25, 0.3) is 0 Å². The summed E-state index contributed by atoms with van der Waals surface area (Å²) in [6.45, 7) is 0. The van der Waals surface area contributed by atoms with Crippen LogP contribution in [0.25, 0.3) is 10.9 Å². The molecule has 0 saturated heterocycles. The van der Waals surface area contributed by atoms with Crippen LogP contribution in [0.3, 0.4) is 0 Å². The van der Waals surface area contributed by atoms with Gasteiger partial charge in [0, 0.05) is 5.39 Å². The summed E-state index contributed by atoms with van der Waals surface area (Å²) in [6.07, 6.45) is 1.45. The summed E-state index contributed by atoms with van der Waals surface area (Å²) in [5, 5.41) is 0.821. The lowest BCUT2D eigenvalue weighted by atomic mass is 10.2. The maximum absolute atomic E-state index is 5.67. The third-order valence-electron chi connectivity index (χ3n) is 1.87. The number of hydrogen-bond donors (Lipinski definition) is 1. The zero-order valence-corrected chi connectivity index (χ0v) is 8.41. The Hall–Kier alpha value is -1.55. The number of rotatable bonds is 1. The molecule has 0 unspecified atom stereocenters. The molecule has 0 amide bonds. The van der Waals surface area contributed by atoms with Crippen molar-refractivity contribution in [2.24, 2.45) is 0 Å². The second-order valence-electron chi connectivity index (χ2n) is 2.64. The molecule has 1 aromatic heterocycles. The van der Waals surface area contributed by atoms with E-state index in [1.165, 1.54) is 6.33 Å². The number of nitrogens with zero attached hydrogens (tertiary/aromatic N) is 2. The molecule has 0 radical (unpaired) electrons. The molecular formula is C9H10ClN3O. The summed E-state index contributed by atoms with van der Waals surface area (Å²) in [7, 11) is 1.61. The van der Waals surface area contributed by atoms with Gasteiger partial charge >= 0.3 is 0 Å². The van der Waals surface area contributed by atoms with Crippen molar-refractivity contribution >= 4 is 29.1 Å². The van der Waals surface area contributed by atoms with E-state index in [-0.39, 0.29) is 12.4 Å². The summed E-state index contributed by atoms with van der Waals surface area (Å²) in [4.78, 5) is 7.96. The van der Waals surface area contributed by atoms with Crippen molar-refractivity contribution in [3.05, 3.63) is 24.5 Å². The number of ether oxygens (including phenoxy) is 1. The van der Waals surface area contributed by atoms with E-state index in [1.807, 2.05) is 18.2 Å². The first-order chi connectivity index (χ1) is 6.31. The third-order valence-corrected chi connectivity index (χ3v) is 1.87. The first-order valence-electron chi connectivity index (χ1n) is 3.85. The van der Waals surface area contributed by atoms with Crippen LogP contribution in [0.4, 0.5) is 5.82 Å². The highest BCUT2D eigenvalue weighted by Crippen LogP contribution is 2.21. The second-order valence-corrected chi connectivity index (χ2v) is 2.64. The number of fused-ring (bicyclic) bond motifs is 1. The van der Waals surface area contributed by atoms with Crippen LogP contribution in [0.15, 0.2) is 24.5 Å². The van der Waals surface area contributed by atoms with E-state index in [1.54, 1.807) is 7.11 Å². The minimum absolute atomic E-state index is 0. The second kappa shape index (κ2) is 4.11. The van der Waals surface area contributed by atoms with E-state index in [0.717, 1.165) is 16.7 Å². The predicted octanol–water partition coefficient (Wildman–Crippen LogP) is 1.64. The molecule has 0 bridgehead atoms. The van der Waals surface area contributed by atoms with Gasteiger partial charge in [0.15, 0.2) is 0 Å². The van der Waals surface area contributed by atoms with Gasteiger partial charge in [-0.2, -0.15) is 0 Å². The van der Waals surface area contributed by atoms with Crippen LogP contribution in [0, 0.1) is 0 Å². The molecule has 0 spiro atoms. The lowest BCUT2D eigenvalue weighted by molar-refractivity contribution is 0.415. The number of hydrogen-bond acceptors (Lipinski definition) is 4. The van der Waals surface area contributed by atoms with Crippen LogP contribution < -0.4 is 10.5 Å². The molecule has 0 fully saturated rings. The molecule has 0 aliphatic heterocycles. The fourth-order valence-electron chi connectivity index (χ4n) is 1.18. The van der Waals surface area contributed by atoms with Crippen molar-refractivity contribution in [1.29, 1.82) is 0 Å². The molecule has 1 heterocycles. The van der Waals surface area contributed by atoms with E-state index in [4.69, 9.17) is 10.5 Å². The minimum atomic E-state index is 0. The van der Waals surface area contributed by atoms with Crippen LogP contribution in [0.1, 0.15) is 0 Å². The molecule has 0 saturated carbocycles. The Morgan fingerprint density at radius 3 is 2.79 bits per heavy atom. The Bertz CT molecular complexity index is 447. The van der Waals surface area contributed by atoms with Crippen molar-refractivity contribution in [2.45, 2.75) is 0 Å². The number of methoxy groups -OCH3 is 1. The molecule has 5 heteroatoms. The van der Waals surface area contributed by atoms with Gasteiger partial charge in [-0.15, -0.1) is 12.4 Å². The van der Waals surface area contributed by atoms with E-state index in [9.17, 15) is 0 Å². The highest BCUT2D eigenvalue weighted by atomic mass is 35.5. The Balaban J connectivity index is 0.000000980. The monoisotopic (exact) mass is 211 g/mol. The van der Waals surface area contributed by atoms with Crippen LogP contribution in [-0.4, -0.2) is 17.1 Å². The Morgan fingerprint density at radius 2 is 2.07 bits per heavy atom. The SMILES string of the molecule is COc1ccc2ncnc(N)c2c1.Cl. The molecule has 1 aromatic carbocycles. The normalized spacial score (nSPS) is 9.50. The summed E-state index contributed by atoms with van der Waals surface area (Å²) in [5.74, 6) is 1.23. The van der Waals surface area contributed by atoms with Gasteiger partial charge in [-0.25, -0.2) is 9.97 Å². The van der Waals surface area contributed by atoms with Crippen LogP contribution in [-0.2, 0) is 0 Å². The quantitative estimate of drug-likeness (QED) is 0.779. The topological polar surface area (TPSA) is 61.0 Å². The molecule has 14 heavy (non-hydrogen) atoms. The standard InChI is InChI=1S/C9H9N3O.ClH/c1-13-6-2-3-8-7(4-6)9(10)12-5-11-8;/h2-5H,1H3,(H2,10,11,12);1H. The maximum Gasteiger partial charge on any atom is 0.134 e. The zero-order chi connectivity index (χ0) is 9.26. The molecule has 0 aliphatic rings. The Kier molecular flexibility index (Phi) is 3.09. The minimum Gasteiger partial charge on any atom is -0.497 e. The summed E-state index contributed by atoms with van der Waals surface area (Å²) in [5.41, 5.74) is 6.50. The van der Waals surface area contributed by atoms with E-state index < -0.39 is 0 Å². The number of nitrogens with two attached hydrogens (primary N) is 1. The van der Waals surface area contributed by atoms with Gasteiger partial charge in [0.2, 0.25) is 0 Å². The third kappa shape index (κ3) is 1.70. The van der Waals surface area contributed by atoms with Crippen LogP contribution >= 0.6 is 12.4 Å². The zero-order valence-electron chi connectivity index (χ0n) is 7.60. The van der Waals surface area contributed by atoms with Gasteiger partial charge in [-0.1, -0.05) is 0 Å². The van der Waals surface area contributed by atoms with E-state index in [2.05, 4.69) is 9.97 Å². The number of nitrogen functional groups attached to an aromatic ring is 1. The summed E-state index contributed by atoms with van der Waals surface area (Å²) in [6, 6.07) is 5.52. The first kappa shape index (κ1) is 10.5. The highest BCUT2D eigenvalue weighted by Gasteiger charge is 2.00. The van der Waals surface area contributed by atoms with Gasteiger partial charge < -0.3 is 10.5 Å². The van der Waals surface area contributed by atoms with E-state index in [0.29, 0.717) is 5.82 Å². The van der Waals surface area contributed by atoms with Crippen molar-refractivity contribution in [1.82, 2.24) is 9.97 Å². The average molecular weight is 212 g/mol. The van der Waals surface area contributed by atoms with Crippen molar-refractivity contribution in [3.63, 3.8) is 0 Å². The highest BCUT2D eigenvalue weighted by molar-refractivity contribution is 5.88. The smallest absolute Gasteiger partial charge is 0.134 e. The lowest BCUT2D eigenvalue weighted by Crippen LogP contribution is -1.93. The molecule has 2 aromatic rings. The molecule has 4 nitrogen and oxygen atoms in total. The Morgan fingerprint density at radius 1 is 1.29 bits per heavy atom. The van der Waals surface area contributed by atoms with Gasteiger partial charge in [0.1, 0.15) is 17.9 Å². The Labute approximate surface area is 87.5 Å². The average Bonchev–Trinajstić information content (AvgIpc) is 2.18. The van der Waals surface area contributed by atoms with Crippen molar-refractivity contribution < 1.29 is 4.74 Å². The molecular weight excluding hydrogens is 202 g/mol. The van der Waals surface area contributed by atoms with Gasteiger partial charge in [-0.3, -0.25) is 0 Å². The summed E-state index contributed by atoms with van der Waals surface area (Å²) >= 11 is 0. The number of benzene rings is 1. The fraction of sp³-hybridized carbons (Fsp3) is 0.111. The molecule has 2 rings (SSSR count). The lowest BCUT2D eigenvalue weighted by Gasteiger charge is -2.02. The maximum atomic E-state index is 5.67. The van der Waals surface area contributed by atoms with Crippen LogP contribution in [0.5, 0.6) is 5.75 Å². The largest absolute Gasteiger partial charge is 0.497 e. The number of anilines is 1. The fourth-order valence-corrected chi connectivity index (χ4v) is 1.18. The van der Waals surface area contributed by atoms with Crippen molar-refractivity contribution in [2.75, 3.05) is 12.8 Å². The van der Waals surface area contributed by atoms with Gasteiger partial charge in [-0.05, 0) is 18.2 Å². The van der Waals surface area contributed by atoms with E-state index >= 15 is 0 Å². The molecule has 0 aliphatic carbocycles. The first-order valence-corrected chi connectivity index (χ1v) is 3.85. The molecule has 0 atom stereocenters. The number of aromatic nitrogens is 2. The number of halogens is 1. The van der Waals surface area contributed by atoms with Gasteiger partial charge in [0.05, 0.1) is 12.6 Å². The predicted molar refractivity (Wildman–Crippen MR) is 57.8 cm³/mol. The summed E-state index contributed by atoms with van der Waals surface area (Å²) < 4.78 is 5.07. The van der Waals surface area contributed by atoms with Crippen LogP contribution in [0.2, 0.25) is 0 Å². The molecule has 2 N–H and O–H groups in total. The van der Waals surface area contributed by atoms with Crippen molar-refractivity contribution in [3.8, 4) is 5.75 Å². The molecule has 74 valence electrons.